The Kier molecular flexibility index (Phi) is 4.17. The summed E-state index contributed by atoms with van der Waals surface area (Å²) in [5, 5.41) is 2.44. The first-order valence-electron chi connectivity index (χ1n) is 7.40. The Morgan fingerprint density at radius 3 is 2.76 bits per heavy atom. The van der Waals surface area contributed by atoms with Crippen molar-refractivity contribution in [3.8, 4) is 0 Å². The summed E-state index contributed by atoms with van der Waals surface area (Å²) in [6, 6.07) is 1.35. The average molecular weight is 346 g/mol. The van der Waals surface area contributed by atoms with Crippen molar-refractivity contribution >= 4 is 22.8 Å². The van der Waals surface area contributed by atoms with E-state index < -0.39 is 23.0 Å². The monoisotopic (exact) mass is 346 g/mol. The van der Waals surface area contributed by atoms with Crippen molar-refractivity contribution < 1.29 is 9.18 Å². The summed E-state index contributed by atoms with van der Waals surface area (Å²) in [6.45, 7) is 0.155. The summed E-state index contributed by atoms with van der Waals surface area (Å²) in [7, 11) is 2.89. The molecule has 9 nitrogen and oxygen atoms in total. The predicted octanol–water partition coefficient (Wildman–Crippen LogP) is -0.00340. The summed E-state index contributed by atoms with van der Waals surface area (Å²) >= 11 is 0. The molecular weight excluding hydrogens is 331 g/mol. The van der Waals surface area contributed by atoms with Gasteiger partial charge in [-0.3, -0.25) is 23.7 Å². The predicted molar refractivity (Wildman–Crippen MR) is 87.7 cm³/mol. The van der Waals surface area contributed by atoms with Gasteiger partial charge in [0.1, 0.15) is 0 Å². The van der Waals surface area contributed by atoms with Crippen LogP contribution in [-0.4, -0.2) is 29.6 Å². The van der Waals surface area contributed by atoms with E-state index in [1.54, 1.807) is 0 Å². The zero-order valence-electron chi connectivity index (χ0n) is 13.6. The van der Waals surface area contributed by atoms with E-state index in [2.05, 4.69) is 15.3 Å². The SMILES string of the molecule is Cn1c(=O)c2c(ncn2CCC(=O)Nc2ccncc2F)n(C)c1=O. The van der Waals surface area contributed by atoms with Crippen molar-refractivity contribution in [1.82, 2.24) is 23.7 Å². The van der Waals surface area contributed by atoms with Gasteiger partial charge in [-0.25, -0.2) is 14.2 Å². The quantitative estimate of drug-likeness (QED) is 0.716. The van der Waals surface area contributed by atoms with E-state index in [1.807, 2.05) is 0 Å². The third-order valence-corrected chi connectivity index (χ3v) is 3.84. The fourth-order valence-electron chi connectivity index (χ4n) is 2.48. The van der Waals surface area contributed by atoms with Gasteiger partial charge >= 0.3 is 5.69 Å². The van der Waals surface area contributed by atoms with E-state index in [9.17, 15) is 18.8 Å². The average Bonchev–Trinajstić information content (AvgIpc) is 3.02. The third-order valence-electron chi connectivity index (χ3n) is 3.84. The van der Waals surface area contributed by atoms with Crippen LogP contribution in [0.4, 0.5) is 10.1 Å². The molecule has 0 unspecified atom stereocenters. The van der Waals surface area contributed by atoms with Gasteiger partial charge in [0.2, 0.25) is 5.91 Å². The van der Waals surface area contributed by atoms with Crippen LogP contribution >= 0.6 is 0 Å². The first-order chi connectivity index (χ1) is 11.9. The molecule has 0 bridgehead atoms. The van der Waals surface area contributed by atoms with Gasteiger partial charge in [-0.2, -0.15) is 0 Å². The Labute approximate surface area is 140 Å². The van der Waals surface area contributed by atoms with Gasteiger partial charge in [0.25, 0.3) is 5.56 Å². The molecule has 1 N–H and O–H groups in total. The topological polar surface area (TPSA) is 104 Å². The van der Waals surface area contributed by atoms with Gasteiger partial charge in [-0.05, 0) is 6.07 Å². The summed E-state index contributed by atoms with van der Waals surface area (Å²) in [6.07, 6.45) is 3.76. The van der Waals surface area contributed by atoms with Gasteiger partial charge in [0, 0.05) is 33.3 Å². The molecule has 0 aliphatic rings. The van der Waals surface area contributed by atoms with Gasteiger partial charge < -0.3 is 9.88 Å². The number of fused-ring (bicyclic) bond motifs is 1. The van der Waals surface area contributed by atoms with Crippen LogP contribution in [0.3, 0.4) is 0 Å². The number of aryl methyl sites for hydroxylation is 2. The van der Waals surface area contributed by atoms with Crippen LogP contribution in [0.2, 0.25) is 0 Å². The van der Waals surface area contributed by atoms with E-state index in [-0.39, 0.29) is 29.8 Å². The number of anilines is 1. The Morgan fingerprint density at radius 2 is 2.04 bits per heavy atom. The lowest BCUT2D eigenvalue weighted by Crippen LogP contribution is -2.37. The molecule has 3 heterocycles. The fraction of sp³-hybridized carbons (Fsp3) is 0.267. The van der Waals surface area contributed by atoms with Gasteiger partial charge in [-0.15, -0.1) is 0 Å². The van der Waals surface area contributed by atoms with Crippen LogP contribution in [0.5, 0.6) is 0 Å². The Hall–Kier alpha value is -3.30. The highest BCUT2D eigenvalue weighted by atomic mass is 19.1. The lowest BCUT2D eigenvalue weighted by molar-refractivity contribution is -0.116. The number of amides is 1. The summed E-state index contributed by atoms with van der Waals surface area (Å²) in [5.74, 6) is -1.05. The van der Waals surface area contributed by atoms with E-state index in [1.165, 1.54) is 41.8 Å². The fourth-order valence-corrected chi connectivity index (χ4v) is 2.48. The first kappa shape index (κ1) is 16.6. The lowest BCUT2D eigenvalue weighted by atomic mass is 10.3. The molecule has 0 aliphatic heterocycles. The molecule has 0 saturated carbocycles. The highest BCUT2D eigenvalue weighted by Gasteiger charge is 2.15. The van der Waals surface area contributed by atoms with E-state index in [4.69, 9.17) is 0 Å². The van der Waals surface area contributed by atoms with Crippen molar-refractivity contribution in [2.24, 2.45) is 14.1 Å². The normalized spacial score (nSPS) is 11.0. The number of rotatable bonds is 4. The standard InChI is InChI=1S/C15H15FN6O3/c1-20-13-12(14(24)21(2)15(20)25)22(8-18-13)6-4-11(23)19-10-3-5-17-7-9(10)16/h3,5,7-8H,4,6H2,1-2H3,(H,17,19,23). The second kappa shape index (κ2) is 6.30. The second-order valence-electron chi connectivity index (χ2n) is 5.47. The molecule has 3 aromatic heterocycles. The molecule has 10 heteroatoms. The van der Waals surface area contributed by atoms with Crippen LogP contribution in [0.15, 0.2) is 34.4 Å². The molecule has 0 aromatic carbocycles. The molecular formula is C15H15FN6O3. The smallest absolute Gasteiger partial charge is 0.324 e. The molecule has 0 saturated heterocycles. The molecule has 0 atom stereocenters. The molecule has 3 aromatic rings. The number of hydrogen-bond donors (Lipinski definition) is 1. The summed E-state index contributed by atoms with van der Waals surface area (Å²) < 4.78 is 17.2. The maximum absolute atomic E-state index is 13.5. The lowest BCUT2D eigenvalue weighted by Gasteiger charge is -2.08. The number of halogens is 1. The highest BCUT2D eigenvalue weighted by Crippen LogP contribution is 2.12. The Bertz CT molecular complexity index is 1080. The van der Waals surface area contributed by atoms with Gasteiger partial charge in [0.15, 0.2) is 17.0 Å². The first-order valence-corrected chi connectivity index (χ1v) is 7.40. The molecule has 0 aliphatic carbocycles. The Balaban J connectivity index is 1.83. The van der Waals surface area contributed by atoms with Gasteiger partial charge in [-0.1, -0.05) is 0 Å². The summed E-state index contributed by atoms with van der Waals surface area (Å²) in [5.41, 5.74) is -0.459. The number of hydrogen-bond acceptors (Lipinski definition) is 5. The molecule has 0 radical (unpaired) electrons. The van der Waals surface area contributed by atoms with Crippen LogP contribution in [0.1, 0.15) is 6.42 Å². The number of imidazole rings is 1. The third kappa shape index (κ3) is 2.93. The van der Waals surface area contributed by atoms with Crippen molar-refractivity contribution in [3.05, 3.63) is 51.4 Å². The van der Waals surface area contributed by atoms with Crippen LogP contribution in [-0.2, 0) is 25.4 Å². The second-order valence-corrected chi connectivity index (χ2v) is 5.47. The van der Waals surface area contributed by atoms with E-state index >= 15 is 0 Å². The molecule has 0 spiro atoms. The minimum atomic E-state index is -0.632. The van der Waals surface area contributed by atoms with E-state index in [0.717, 1.165) is 10.8 Å². The molecule has 1 amide bonds. The molecule has 130 valence electrons. The number of carbonyl (C=O) groups excluding carboxylic acids is 1. The largest absolute Gasteiger partial charge is 0.332 e. The maximum Gasteiger partial charge on any atom is 0.332 e. The van der Waals surface area contributed by atoms with Crippen LogP contribution in [0, 0.1) is 5.82 Å². The number of carbonyl (C=O) groups is 1. The minimum absolute atomic E-state index is 0.000776. The van der Waals surface area contributed by atoms with Crippen molar-refractivity contribution in [2.45, 2.75) is 13.0 Å². The molecule has 3 rings (SSSR count). The Morgan fingerprint density at radius 1 is 1.28 bits per heavy atom. The van der Waals surface area contributed by atoms with Crippen LogP contribution < -0.4 is 16.6 Å². The summed E-state index contributed by atoms with van der Waals surface area (Å²) in [4.78, 5) is 43.9. The van der Waals surface area contributed by atoms with Crippen molar-refractivity contribution in [3.63, 3.8) is 0 Å². The molecule has 0 fully saturated rings. The number of aromatic nitrogens is 5. The highest BCUT2D eigenvalue weighted by molar-refractivity contribution is 5.90. The van der Waals surface area contributed by atoms with Crippen LogP contribution in [0.25, 0.3) is 11.2 Å². The molecule has 25 heavy (non-hydrogen) atoms. The number of nitrogens with zero attached hydrogens (tertiary/aromatic N) is 5. The van der Waals surface area contributed by atoms with Crippen molar-refractivity contribution in [2.75, 3.05) is 5.32 Å². The van der Waals surface area contributed by atoms with Crippen molar-refractivity contribution in [1.29, 1.82) is 0 Å². The number of nitrogens with one attached hydrogen (secondary N) is 1. The van der Waals surface area contributed by atoms with Gasteiger partial charge in [0.05, 0.1) is 18.2 Å². The zero-order chi connectivity index (χ0) is 18.1. The minimum Gasteiger partial charge on any atom is -0.324 e. The maximum atomic E-state index is 13.5. The van der Waals surface area contributed by atoms with E-state index in [0.29, 0.717) is 0 Å². The number of pyridine rings is 1. The zero-order valence-corrected chi connectivity index (χ0v) is 13.6.